The number of rotatable bonds is 5. The van der Waals surface area contributed by atoms with E-state index in [-0.39, 0.29) is 5.41 Å². The molecule has 4 aromatic rings. The molecule has 8 rings (SSSR count). The first-order valence-electron chi connectivity index (χ1n) is 18.1. The molecule has 264 valence electrons. The molecule has 0 saturated heterocycles. The minimum atomic E-state index is -0.609. The van der Waals surface area contributed by atoms with Crippen molar-refractivity contribution in [2.75, 3.05) is 0 Å². The first-order chi connectivity index (χ1) is 23.5. The Bertz CT molecular complexity index is 1990. The molecule has 4 aliphatic carbocycles. The second-order valence-corrected chi connectivity index (χ2v) is 24.1. The van der Waals surface area contributed by atoms with Crippen LogP contribution in [-0.2, 0) is 0 Å². The quantitative estimate of drug-likeness (QED) is 0.175. The number of thiophene rings is 2. The monoisotopic (exact) mass is 910 g/mol. The molecule has 2 aromatic heterocycles. The number of hydrogen-bond acceptors (Lipinski definition) is 2. The Morgan fingerprint density at radius 2 is 0.960 bits per heavy atom. The zero-order chi connectivity index (χ0) is 36.1. The molecule has 4 aliphatic rings. The molecule has 2 aromatic carbocycles. The molecule has 4 bridgehead atoms. The summed E-state index contributed by atoms with van der Waals surface area (Å²) >= 11 is 15.8. The third-order valence-electron chi connectivity index (χ3n) is 13.8. The number of benzene rings is 2. The van der Waals surface area contributed by atoms with Gasteiger partial charge in [0.1, 0.15) is 0 Å². The Hall–Kier alpha value is -0.810. The van der Waals surface area contributed by atoms with Crippen LogP contribution in [0.3, 0.4) is 0 Å². The molecular formula is C44H50Br3PS2. The van der Waals surface area contributed by atoms with E-state index in [1.165, 1.54) is 74.8 Å². The van der Waals surface area contributed by atoms with Crippen molar-refractivity contribution in [2.45, 2.75) is 94.9 Å². The van der Waals surface area contributed by atoms with Gasteiger partial charge in [0.2, 0.25) is 0 Å². The lowest BCUT2D eigenvalue weighted by molar-refractivity contribution is 0.189. The maximum atomic E-state index is 4.14. The van der Waals surface area contributed by atoms with Gasteiger partial charge in [0.05, 0.1) is 0 Å². The van der Waals surface area contributed by atoms with Crippen molar-refractivity contribution in [2.24, 2.45) is 33.5 Å². The molecular weight excluding hydrogens is 863 g/mol. The van der Waals surface area contributed by atoms with Gasteiger partial charge in [0, 0.05) is 49.4 Å². The van der Waals surface area contributed by atoms with Crippen molar-refractivity contribution in [1.82, 2.24) is 0 Å². The highest BCUT2D eigenvalue weighted by Crippen LogP contribution is 2.73. The molecule has 0 amide bonds. The molecule has 0 aliphatic heterocycles. The third-order valence-corrected chi connectivity index (χ3v) is 21.8. The maximum absolute atomic E-state index is 4.14. The summed E-state index contributed by atoms with van der Waals surface area (Å²) in [5.74, 6) is 1.33. The van der Waals surface area contributed by atoms with E-state index in [0.29, 0.717) is 28.1 Å². The van der Waals surface area contributed by atoms with Crippen molar-refractivity contribution in [3.8, 4) is 0 Å². The molecule has 0 radical (unpaired) electrons. The van der Waals surface area contributed by atoms with Crippen molar-refractivity contribution in [1.29, 1.82) is 0 Å². The van der Waals surface area contributed by atoms with E-state index < -0.39 is 7.92 Å². The molecule has 4 atom stereocenters. The van der Waals surface area contributed by atoms with Crippen LogP contribution in [0, 0.1) is 61.2 Å². The van der Waals surface area contributed by atoms with Crippen molar-refractivity contribution < 1.29 is 0 Å². The summed E-state index contributed by atoms with van der Waals surface area (Å²) in [6.07, 6.45) is 5.23. The standard InChI is InChI=1S/C28H30BrPS.C16H20Br2S/c1-18-23(24-25(29)22-16-17-28(24,5)27(22,3)4)26(19(2)31-18)30(20-12-8-6-9-13-20)21-14-10-7-11-15-21;1-8-11(13(17)9(2)19-8)12-14(18)10-6-7-16(12,5)15(10,3)4/h6-15,22H,16-17H2,1-5H3;10H,6-7H2,1-5H3. The van der Waals surface area contributed by atoms with Gasteiger partial charge in [-0.2, -0.15) is 0 Å². The molecule has 2 heterocycles. The molecule has 2 fully saturated rings. The van der Waals surface area contributed by atoms with E-state index in [9.17, 15) is 0 Å². The van der Waals surface area contributed by atoms with Crippen LogP contribution in [0.15, 0.2) is 74.1 Å². The predicted molar refractivity (Wildman–Crippen MR) is 235 cm³/mol. The Morgan fingerprint density at radius 3 is 1.34 bits per heavy atom. The van der Waals surface area contributed by atoms with Gasteiger partial charge in [-0.1, -0.05) is 134 Å². The fourth-order valence-electron chi connectivity index (χ4n) is 10.2. The summed E-state index contributed by atoms with van der Waals surface area (Å²) in [7, 11) is -0.609. The molecule has 50 heavy (non-hydrogen) atoms. The molecule has 0 nitrogen and oxygen atoms in total. The van der Waals surface area contributed by atoms with Crippen LogP contribution < -0.4 is 15.9 Å². The first-order valence-corrected chi connectivity index (χ1v) is 23.4. The van der Waals surface area contributed by atoms with E-state index in [4.69, 9.17) is 0 Å². The largest absolute Gasteiger partial charge is 0.145 e. The van der Waals surface area contributed by atoms with Gasteiger partial charge in [-0.25, -0.2) is 0 Å². The highest BCUT2D eigenvalue weighted by Gasteiger charge is 2.62. The second-order valence-electron chi connectivity index (χ2n) is 16.6. The summed E-state index contributed by atoms with van der Waals surface area (Å²) in [5, 5.41) is 4.46. The normalized spacial score (nSPS) is 27.5. The lowest BCUT2D eigenvalue weighted by Crippen LogP contribution is -2.31. The van der Waals surface area contributed by atoms with Gasteiger partial charge in [-0.3, -0.25) is 0 Å². The van der Waals surface area contributed by atoms with Crippen LogP contribution in [0.25, 0.3) is 11.1 Å². The fraction of sp³-hybridized carbons (Fsp3) is 0.455. The second kappa shape index (κ2) is 13.2. The van der Waals surface area contributed by atoms with E-state index in [0.717, 1.165) is 0 Å². The summed E-state index contributed by atoms with van der Waals surface area (Å²) in [6, 6.07) is 22.3. The molecule has 4 unspecified atom stereocenters. The van der Waals surface area contributed by atoms with Gasteiger partial charge < -0.3 is 0 Å². The van der Waals surface area contributed by atoms with Crippen LogP contribution in [-0.4, -0.2) is 0 Å². The van der Waals surface area contributed by atoms with Gasteiger partial charge in [0.25, 0.3) is 0 Å². The van der Waals surface area contributed by atoms with Gasteiger partial charge in [0.15, 0.2) is 0 Å². The van der Waals surface area contributed by atoms with Crippen molar-refractivity contribution in [3.05, 3.63) is 105 Å². The average molecular weight is 914 g/mol. The SMILES string of the molecule is Cc1sc(C)c(C2=C(Br)C3CCC2(C)C3(C)C)c1Br.Cc1sc(C)c(P(c2ccccc2)c2ccccc2)c1C1=C(Br)C2CCC1(C)C2(C)C. The highest BCUT2D eigenvalue weighted by molar-refractivity contribution is 9.12. The fourth-order valence-corrected chi connectivity index (χ4v) is 18.9. The lowest BCUT2D eigenvalue weighted by atomic mass is 9.66. The summed E-state index contributed by atoms with van der Waals surface area (Å²) in [5.41, 5.74) is 7.37. The highest BCUT2D eigenvalue weighted by atomic mass is 79.9. The number of allylic oxidation sites excluding steroid dienone is 4. The Kier molecular flexibility index (Phi) is 9.90. The first kappa shape index (κ1) is 37.5. The number of hydrogen-bond donors (Lipinski definition) is 0. The van der Waals surface area contributed by atoms with E-state index in [1.54, 1.807) is 22.0 Å². The minimum absolute atomic E-state index is 0.220. The lowest BCUT2D eigenvalue weighted by Gasteiger charge is -2.38. The Morgan fingerprint density at radius 1 is 0.560 bits per heavy atom. The number of aryl methyl sites for hydroxylation is 4. The van der Waals surface area contributed by atoms with E-state index >= 15 is 0 Å². The zero-order valence-electron chi connectivity index (χ0n) is 31.2. The predicted octanol–water partition coefficient (Wildman–Crippen LogP) is 14.4. The molecule has 0 spiro atoms. The zero-order valence-corrected chi connectivity index (χ0v) is 38.4. The van der Waals surface area contributed by atoms with Crippen LogP contribution in [0.4, 0.5) is 0 Å². The van der Waals surface area contributed by atoms with Gasteiger partial charge in [-0.05, 0) is 132 Å². The summed E-state index contributed by atoms with van der Waals surface area (Å²) in [4.78, 5) is 5.79. The topological polar surface area (TPSA) is 0 Å². The molecule has 0 N–H and O–H groups in total. The molecule has 6 heteroatoms. The van der Waals surface area contributed by atoms with Crippen LogP contribution >= 0.6 is 78.4 Å². The van der Waals surface area contributed by atoms with Crippen LogP contribution in [0.5, 0.6) is 0 Å². The van der Waals surface area contributed by atoms with Crippen LogP contribution in [0.2, 0.25) is 0 Å². The maximum Gasteiger partial charge on any atom is 0.0390 e. The Labute approximate surface area is 335 Å². The van der Waals surface area contributed by atoms with Crippen molar-refractivity contribution >= 4 is 105 Å². The minimum Gasteiger partial charge on any atom is -0.145 e. The number of halogens is 3. The molecule has 2 saturated carbocycles. The summed E-state index contributed by atoms with van der Waals surface area (Å²) < 4.78 is 4.25. The van der Waals surface area contributed by atoms with Gasteiger partial charge >= 0.3 is 0 Å². The van der Waals surface area contributed by atoms with E-state index in [2.05, 4.69) is 178 Å². The van der Waals surface area contributed by atoms with Crippen LogP contribution in [0.1, 0.15) is 97.9 Å². The smallest absolute Gasteiger partial charge is 0.0390 e. The number of fused-ring (bicyclic) bond motifs is 4. The summed E-state index contributed by atoms with van der Waals surface area (Å²) in [6.45, 7) is 24.0. The third kappa shape index (κ3) is 5.35. The van der Waals surface area contributed by atoms with Gasteiger partial charge in [-0.15, -0.1) is 22.7 Å². The Balaban J connectivity index is 0.000000176. The van der Waals surface area contributed by atoms with E-state index in [1.807, 2.05) is 22.7 Å². The average Bonchev–Trinajstić information content (AvgIpc) is 3.74. The van der Waals surface area contributed by atoms with Crippen molar-refractivity contribution in [3.63, 3.8) is 0 Å².